The van der Waals surface area contributed by atoms with Gasteiger partial charge in [0.1, 0.15) is 11.6 Å². The van der Waals surface area contributed by atoms with E-state index in [1.807, 2.05) is 48.3 Å². The first-order valence-corrected chi connectivity index (χ1v) is 7.13. The molecule has 0 amide bonds. The van der Waals surface area contributed by atoms with E-state index in [4.69, 9.17) is 0 Å². The summed E-state index contributed by atoms with van der Waals surface area (Å²) in [4.78, 5) is 6.47. The Kier molecular flexibility index (Phi) is 4.02. The maximum atomic E-state index is 13.8. The van der Waals surface area contributed by atoms with Gasteiger partial charge in [-0.05, 0) is 18.2 Å². The molecule has 0 saturated carbocycles. The van der Waals surface area contributed by atoms with Crippen LogP contribution in [0.4, 0.5) is 10.2 Å². The number of benzene rings is 2. The lowest BCUT2D eigenvalue weighted by Gasteiger charge is -2.21. The first-order valence-electron chi connectivity index (χ1n) is 7.13. The average Bonchev–Trinajstić information content (AvgIpc) is 2.55. The fourth-order valence-corrected chi connectivity index (χ4v) is 2.55. The van der Waals surface area contributed by atoms with Gasteiger partial charge in [-0.1, -0.05) is 36.4 Å². The predicted molar refractivity (Wildman–Crippen MR) is 86.2 cm³/mol. The lowest BCUT2D eigenvalue weighted by molar-refractivity contribution is 0.282. The number of nitrogens with zero attached hydrogens (tertiary/aromatic N) is 2. The zero-order chi connectivity index (χ0) is 15.5. The van der Waals surface area contributed by atoms with Crippen molar-refractivity contribution in [2.75, 3.05) is 11.9 Å². The highest BCUT2D eigenvalue weighted by atomic mass is 19.1. The van der Waals surface area contributed by atoms with Gasteiger partial charge in [0.05, 0.1) is 12.1 Å². The van der Waals surface area contributed by atoms with Crippen LogP contribution in [0.3, 0.4) is 0 Å². The van der Waals surface area contributed by atoms with Crippen LogP contribution in [0.25, 0.3) is 10.9 Å². The van der Waals surface area contributed by atoms with Gasteiger partial charge in [-0.15, -0.1) is 0 Å². The zero-order valence-electron chi connectivity index (χ0n) is 12.3. The van der Waals surface area contributed by atoms with Crippen molar-refractivity contribution in [2.45, 2.75) is 13.2 Å². The first-order chi connectivity index (χ1) is 10.7. The minimum absolute atomic E-state index is 0.102. The lowest BCUT2D eigenvalue weighted by Crippen LogP contribution is -2.20. The summed E-state index contributed by atoms with van der Waals surface area (Å²) in [6, 6.07) is 16.4. The molecule has 0 aliphatic heterocycles. The summed E-state index contributed by atoms with van der Waals surface area (Å²) in [5.41, 5.74) is 2.19. The van der Waals surface area contributed by atoms with Crippen LogP contribution in [-0.4, -0.2) is 17.1 Å². The molecule has 4 heteroatoms. The third-order valence-corrected chi connectivity index (χ3v) is 3.68. The molecule has 1 N–H and O–H groups in total. The van der Waals surface area contributed by atoms with Crippen molar-refractivity contribution >= 4 is 16.7 Å². The van der Waals surface area contributed by atoms with Gasteiger partial charge in [-0.25, -0.2) is 9.37 Å². The van der Waals surface area contributed by atoms with E-state index < -0.39 is 0 Å². The van der Waals surface area contributed by atoms with E-state index in [0.717, 1.165) is 16.5 Å². The van der Waals surface area contributed by atoms with Crippen LogP contribution in [0.15, 0.2) is 54.6 Å². The Morgan fingerprint density at radius 3 is 2.55 bits per heavy atom. The van der Waals surface area contributed by atoms with Gasteiger partial charge < -0.3 is 10.0 Å². The monoisotopic (exact) mass is 296 g/mol. The van der Waals surface area contributed by atoms with E-state index in [1.165, 1.54) is 6.07 Å². The molecular formula is C18H17FN2O. The van der Waals surface area contributed by atoms with Crippen LogP contribution >= 0.6 is 0 Å². The highest BCUT2D eigenvalue weighted by Gasteiger charge is 2.12. The van der Waals surface area contributed by atoms with Crippen LogP contribution in [0, 0.1) is 5.82 Å². The van der Waals surface area contributed by atoms with E-state index >= 15 is 0 Å². The third-order valence-electron chi connectivity index (χ3n) is 3.68. The molecule has 2 aromatic carbocycles. The van der Waals surface area contributed by atoms with Crippen LogP contribution in [-0.2, 0) is 13.2 Å². The zero-order valence-corrected chi connectivity index (χ0v) is 12.3. The number of halogens is 1. The highest BCUT2D eigenvalue weighted by molar-refractivity contribution is 5.81. The van der Waals surface area contributed by atoms with E-state index in [2.05, 4.69) is 4.98 Å². The minimum atomic E-state index is -0.235. The standard InChI is InChI=1S/C18H17FN2O/c1-21(11-14-7-2-4-8-16(14)19)18-15(12-22)10-13-6-3-5-9-17(13)20-18/h2-10,22H,11-12H2,1H3. The first kappa shape index (κ1) is 14.5. The molecule has 0 bridgehead atoms. The third kappa shape index (κ3) is 2.78. The fraction of sp³-hybridized carbons (Fsp3) is 0.167. The summed E-state index contributed by atoms with van der Waals surface area (Å²) in [5.74, 6) is 0.435. The molecule has 3 rings (SSSR count). The second-order valence-corrected chi connectivity index (χ2v) is 5.27. The second kappa shape index (κ2) is 6.12. The second-order valence-electron chi connectivity index (χ2n) is 5.27. The summed E-state index contributed by atoms with van der Waals surface area (Å²) >= 11 is 0. The molecule has 0 unspecified atom stereocenters. The number of fused-ring (bicyclic) bond motifs is 1. The summed E-state index contributed by atoms with van der Waals surface area (Å²) in [5, 5.41) is 10.6. The van der Waals surface area contributed by atoms with Crippen molar-refractivity contribution in [2.24, 2.45) is 0 Å². The smallest absolute Gasteiger partial charge is 0.134 e. The van der Waals surface area contributed by atoms with E-state index in [0.29, 0.717) is 17.9 Å². The summed E-state index contributed by atoms with van der Waals surface area (Å²) in [7, 11) is 1.85. The molecule has 3 aromatic rings. The van der Waals surface area contributed by atoms with Crippen molar-refractivity contribution in [1.82, 2.24) is 4.98 Å². The normalized spacial score (nSPS) is 10.9. The maximum Gasteiger partial charge on any atom is 0.134 e. The molecule has 112 valence electrons. The Bertz CT molecular complexity index is 804. The molecule has 1 aromatic heterocycles. The van der Waals surface area contributed by atoms with Gasteiger partial charge in [0.2, 0.25) is 0 Å². The van der Waals surface area contributed by atoms with Crippen LogP contribution in [0.2, 0.25) is 0 Å². The molecule has 0 atom stereocenters. The van der Waals surface area contributed by atoms with Crippen molar-refractivity contribution in [1.29, 1.82) is 0 Å². The van der Waals surface area contributed by atoms with Crippen molar-refractivity contribution in [3.8, 4) is 0 Å². The van der Waals surface area contributed by atoms with Gasteiger partial charge in [0.25, 0.3) is 0 Å². The molecule has 0 aliphatic rings. The SMILES string of the molecule is CN(Cc1ccccc1F)c1nc2ccccc2cc1CO. The average molecular weight is 296 g/mol. The minimum Gasteiger partial charge on any atom is -0.392 e. The van der Waals surface area contributed by atoms with Crippen molar-refractivity contribution in [3.63, 3.8) is 0 Å². The van der Waals surface area contributed by atoms with Crippen LogP contribution in [0.5, 0.6) is 0 Å². The Labute approximate surface area is 128 Å². The maximum absolute atomic E-state index is 13.8. The number of para-hydroxylation sites is 1. The van der Waals surface area contributed by atoms with E-state index in [-0.39, 0.29) is 12.4 Å². The number of aliphatic hydroxyl groups excluding tert-OH is 1. The Morgan fingerprint density at radius 2 is 1.77 bits per heavy atom. The Morgan fingerprint density at radius 1 is 1.05 bits per heavy atom. The van der Waals surface area contributed by atoms with Gasteiger partial charge in [0.15, 0.2) is 0 Å². The van der Waals surface area contributed by atoms with E-state index in [1.54, 1.807) is 12.1 Å². The Balaban J connectivity index is 1.99. The molecule has 1 heterocycles. The van der Waals surface area contributed by atoms with E-state index in [9.17, 15) is 9.50 Å². The molecular weight excluding hydrogens is 279 g/mol. The topological polar surface area (TPSA) is 36.4 Å². The highest BCUT2D eigenvalue weighted by Crippen LogP contribution is 2.24. The van der Waals surface area contributed by atoms with Gasteiger partial charge in [-0.2, -0.15) is 0 Å². The summed E-state index contributed by atoms with van der Waals surface area (Å²) < 4.78 is 13.8. The molecule has 3 nitrogen and oxygen atoms in total. The number of anilines is 1. The van der Waals surface area contributed by atoms with Gasteiger partial charge >= 0.3 is 0 Å². The molecule has 0 fully saturated rings. The van der Waals surface area contributed by atoms with Crippen molar-refractivity contribution < 1.29 is 9.50 Å². The van der Waals surface area contributed by atoms with Crippen LogP contribution in [0.1, 0.15) is 11.1 Å². The largest absolute Gasteiger partial charge is 0.392 e. The van der Waals surface area contributed by atoms with Gasteiger partial charge in [-0.3, -0.25) is 0 Å². The molecule has 22 heavy (non-hydrogen) atoms. The summed E-state index contributed by atoms with van der Waals surface area (Å²) in [6.45, 7) is 0.291. The number of hydrogen-bond acceptors (Lipinski definition) is 3. The molecule has 0 spiro atoms. The lowest BCUT2D eigenvalue weighted by atomic mass is 10.1. The fourth-order valence-electron chi connectivity index (χ4n) is 2.55. The Hall–Kier alpha value is -2.46. The van der Waals surface area contributed by atoms with Crippen LogP contribution < -0.4 is 4.90 Å². The number of aromatic nitrogens is 1. The number of rotatable bonds is 4. The number of pyridine rings is 1. The number of aliphatic hydroxyl groups is 1. The predicted octanol–water partition coefficient (Wildman–Crippen LogP) is 3.50. The molecule has 0 radical (unpaired) electrons. The molecule has 0 saturated heterocycles. The number of hydrogen-bond donors (Lipinski definition) is 1. The van der Waals surface area contributed by atoms with Crippen molar-refractivity contribution in [3.05, 3.63) is 71.5 Å². The van der Waals surface area contributed by atoms with Gasteiger partial charge in [0, 0.05) is 30.1 Å². The summed E-state index contributed by atoms with van der Waals surface area (Å²) in [6.07, 6.45) is 0. The quantitative estimate of drug-likeness (QED) is 0.800. The molecule has 0 aliphatic carbocycles.